The number of benzene rings is 2. The van der Waals surface area contributed by atoms with Crippen LogP contribution < -0.4 is 5.32 Å². The number of para-hydroxylation sites is 1. The zero-order valence-corrected chi connectivity index (χ0v) is 13.1. The van der Waals surface area contributed by atoms with Crippen molar-refractivity contribution < 1.29 is 4.79 Å². The maximum Gasteiger partial charge on any atom is 0.225 e. The lowest BCUT2D eigenvalue weighted by Gasteiger charge is -2.15. The highest BCUT2D eigenvalue weighted by atomic mass is 32.2. The molecule has 3 heteroatoms. The van der Waals surface area contributed by atoms with E-state index in [1.165, 1.54) is 11.1 Å². The molecule has 1 amide bonds. The van der Waals surface area contributed by atoms with Gasteiger partial charge in [-0.3, -0.25) is 4.79 Å². The van der Waals surface area contributed by atoms with Crippen molar-refractivity contribution in [3.05, 3.63) is 59.7 Å². The first-order valence-corrected chi connectivity index (χ1v) is 8.17. The highest BCUT2D eigenvalue weighted by Crippen LogP contribution is 2.43. The van der Waals surface area contributed by atoms with Crippen molar-refractivity contribution in [1.29, 1.82) is 0 Å². The molecule has 0 saturated heterocycles. The van der Waals surface area contributed by atoms with Crippen molar-refractivity contribution in [2.45, 2.75) is 36.3 Å². The molecule has 0 saturated carbocycles. The summed E-state index contributed by atoms with van der Waals surface area (Å²) in [5, 5.41) is 3.17. The van der Waals surface area contributed by atoms with Crippen LogP contribution in [0, 0.1) is 0 Å². The monoisotopic (exact) mass is 297 g/mol. The second-order valence-electron chi connectivity index (χ2n) is 5.68. The molecule has 3 rings (SSSR count). The lowest BCUT2D eigenvalue weighted by Crippen LogP contribution is -2.11. The van der Waals surface area contributed by atoms with Gasteiger partial charge in [0.1, 0.15) is 0 Å². The van der Waals surface area contributed by atoms with E-state index in [4.69, 9.17) is 0 Å². The van der Waals surface area contributed by atoms with Gasteiger partial charge in [-0.1, -0.05) is 50.2 Å². The van der Waals surface area contributed by atoms with E-state index in [1.807, 2.05) is 18.2 Å². The topological polar surface area (TPSA) is 29.1 Å². The summed E-state index contributed by atoms with van der Waals surface area (Å²) >= 11 is 1.77. The third-order valence-electron chi connectivity index (χ3n) is 3.78. The third-order valence-corrected chi connectivity index (χ3v) is 5.11. The molecule has 1 aliphatic heterocycles. The summed E-state index contributed by atoms with van der Waals surface area (Å²) in [5.74, 6) is 0.621. The average Bonchev–Trinajstić information content (AvgIpc) is 2.65. The van der Waals surface area contributed by atoms with Crippen molar-refractivity contribution in [3.63, 3.8) is 0 Å². The summed E-state index contributed by atoms with van der Waals surface area (Å²) in [7, 11) is 0. The van der Waals surface area contributed by atoms with Gasteiger partial charge in [-0.05, 0) is 29.2 Å². The molecule has 0 unspecified atom stereocenters. The third kappa shape index (κ3) is 3.13. The fourth-order valence-corrected chi connectivity index (χ4v) is 3.76. The van der Waals surface area contributed by atoms with Gasteiger partial charge in [-0.2, -0.15) is 0 Å². The van der Waals surface area contributed by atoms with Gasteiger partial charge >= 0.3 is 0 Å². The van der Waals surface area contributed by atoms with Crippen LogP contribution in [-0.2, 0) is 4.79 Å². The Morgan fingerprint density at radius 1 is 1.10 bits per heavy atom. The number of carbonyl (C=O) groups excluding carboxylic acids is 1. The average molecular weight is 297 g/mol. The zero-order valence-electron chi connectivity index (χ0n) is 12.3. The number of carbonyl (C=O) groups is 1. The van der Waals surface area contributed by atoms with Crippen molar-refractivity contribution in [1.82, 2.24) is 0 Å². The molecule has 0 radical (unpaired) electrons. The first kappa shape index (κ1) is 14.2. The summed E-state index contributed by atoms with van der Waals surface area (Å²) in [6.45, 7) is 4.39. The van der Waals surface area contributed by atoms with E-state index < -0.39 is 0 Å². The molecule has 1 atom stereocenters. The molecule has 0 aliphatic carbocycles. The lowest BCUT2D eigenvalue weighted by molar-refractivity contribution is -0.116. The molecule has 2 aromatic rings. The number of nitrogens with one attached hydrogen (secondary N) is 1. The van der Waals surface area contributed by atoms with Crippen LogP contribution in [-0.4, -0.2) is 5.91 Å². The molecule has 1 aliphatic rings. The van der Waals surface area contributed by atoms with E-state index in [0.717, 1.165) is 10.6 Å². The SMILES string of the molecule is CC(C)c1ccc([C@@H]2CC(=O)Nc3ccccc3S2)cc1. The summed E-state index contributed by atoms with van der Waals surface area (Å²) in [6.07, 6.45) is 0.514. The second-order valence-corrected chi connectivity index (χ2v) is 6.92. The van der Waals surface area contributed by atoms with E-state index in [9.17, 15) is 4.79 Å². The fraction of sp³-hybridized carbons (Fsp3) is 0.278. The quantitative estimate of drug-likeness (QED) is 0.846. The molecule has 0 aromatic heterocycles. The van der Waals surface area contributed by atoms with Crippen molar-refractivity contribution >= 4 is 23.4 Å². The number of anilines is 1. The smallest absolute Gasteiger partial charge is 0.225 e. The van der Waals surface area contributed by atoms with Crippen LogP contribution in [0.15, 0.2) is 53.4 Å². The molecule has 1 N–H and O–H groups in total. The maximum absolute atomic E-state index is 12.1. The van der Waals surface area contributed by atoms with Crippen LogP contribution in [0.4, 0.5) is 5.69 Å². The molecular formula is C18H19NOS. The molecule has 2 nitrogen and oxygen atoms in total. The first-order valence-electron chi connectivity index (χ1n) is 7.29. The van der Waals surface area contributed by atoms with Crippen LogP contribution in [0.25, 0.3) is 0 Å². The highest BCUT2D eigenvalue weighted by molar-refractivity contribution is 7.99. The van der Waals surface area contributed by atoms with Gasteiger partial charge in [0.05, 0.1) is 5.69 Å². The predicted molar refractivity (Wildman–Crippen MR) is 88.8 cm³/mol. The van der Waals surface area contributed by atoms with Crippen LogP contribution in [0.1, 0.15) is 42.6 Å². The van der Waals surface area contributed by atoms with E-state index in [2.05, 4.69) is 49.5 Å². The summed E-state index contributed by atoms with van der Waals surface area (Å²) in [6, 6.07) is 16.7. The Bertz CT molecular complexity index is 649. The molecular weight excluding hydrogens is 278 g/mol. The van der Waals surface area contributed by atoms with Gasteiger partial charge in [-0.25, -0.2) is 0 Å². The number of hydrogen-bond acceptors (Lipinski definition) is 2. The van der Waals surface area contributed by atoms with Crippen molar-refractivity contribution in [3.8, 4) is 0 Å². The normalized spacial score (nSPS) is 18.0. The van der Waals surface area contributed by atoms with Gasteiger partial charge in [0.15, 0.2) is 0 Å². The highest BCUT2D eigenvalue weighted by Gasteiger charge is 2.23. The largest absolute Gasteiger partial charge is 0.325 e. The number of hydrogen-bond donors (Lipinski definition) is 1. The van der Waals surface area contributed by atoms with Crippen LogP contribution >= 0.6 is 11.8 Å². The Balaban J connectivity index is 1.90. The predicted octanol–water partition coefficient (Wildman–Crippen LogP) is 4.99. The summed E-state index contributed by atoms with van der Waals surface area (Å²) in [4.78, 5) is 13.2. The molecule has 0 fully saturated rings. The molecule has 0 spiro atoms. The van der Waals surface area contributed by atoms with E-state index in [1.54, 1.807) is 11.8 Å². The lowest BCUT2D eigenvalue weighted by atomic mass is 10.00. The molecule has 2 aromatic carbocycles. The Kier molecular flexibility index (Phi) is 4.02. The fourth-order valence-electron chi connectivity index (χ4n) is 2.52. The first-order chi connectivity index (χ1) is 10.1. The van der Waals surface area contributed by atoms with Crippen molar-refractivity contribution in [2.24, 2.45) is 0 Å². The van der Waals surface area contributed by atoms with Crippen LogP contribution in [0.2, 0.25) is 0 Å². The van der Waals surface area contributed by atoms with Gasteiger partial charge in [0.25, 0.3) is 0 Å². The van der Waals surface area contributed by atoms with Gasteiger partial charge in [0.2, 0.25) is 5.91 Å². The minimum absolute atomic E-state index is 0.0883. The van der Waals surface area contributed by atoms with Gasteiger partial charge < -0.3 is 5.32 Å². The molecule has 1 heterocycles. The minimum Gasteiger partial charge on any atom is -0.325 e. The van der Waals surface area contributed by atoms with E-state index in [-0.39, 0.29) is 11.2 Å². The molecule has 108 valence electrons. The Hall–Kier alpha value is -1.74. The van der Waals surface area contributed by atoms with Crippen LogP contribution in [0.3, 0.4) is 0 Å². The Labute approximate surface area is 130 Å². The number of fused-ring (bicyclic) bond motifs is 1. The van der Waals surface area contributed by atoms with Gasteiger partial charge in [0, 0.05) is 16.6 Å². The zero-order chi connectivity index (χ0) is 14.8. The van der Waals surface area contributed by atoms with Crippen molar-refractivity contribution in [2.75, 3.05) is 5.32 Å². The summed E-state index contributed by atoms with van der Waals surface area (Å²) < 4.78 is 0. The molecule has 0 bridgehead atoms. The number of amides is 1. The second kappa shape index (κ2) is 5.94. The minimum atomic E-state index is 0.0883. The number of rotatable bonds is 2. The maximum atomic E-state index is 12.1. The Morgan fingerprint density at radius 3 is 2.52 bits per heavy atom. The van der Waals surface area contributed by atoms with E-state index >= 15 is 0 Å². The standard InChI is InChI=1S/C18H19NOS/c1-12(2)13-7-9-14(10-8-13)17-11-18(20)19-15-5-3-4-6-16(15)21-17/h3-10,12,17H,11H2,1-2H3,(H,19,20)/t17-/m0/s1. The van der Waals surface area contributed by atoms with Crippen LogP contribution in [0.5, 0.6) is 0 Å². The van der Waals surface area contributed by atoms with E-state index in [0.29, 0.717) is 12.3 Å². The van der Waals surface area contributed by atoms with Gasteiger partial charge in [-0.15, -0.1) is 11.8 Å². The Morgan fingerprint density at radius 2 is 1.81 bits per heavy atom. The molecule has 21 heavy (non-hydrogen) atoms. The number of thioether (sulfide) groups is 1. The summed E-state index contributed by atoms with van der Waals surface area (Å²) in [5.41, 5.74) is 3.48.